The number of nitrogens with zero attached hydrogens (tertiary/aromatic N) is 2. The lowest BCUT2D eigenvalue weighted by atomic mass is 10.2. The summed E-state index contributed by atoms with van der Waals surface area (Å²) in [6.45, 7) is 5.55. The van der Waals surface area contributed by atoms with Gasteiger partial charge < -0.3 is 4.57 Å². The van der Waals surface area contributed by atoms with Crippen LogP contribution in [-0.4, -0.2) is 9.55 Å². The lowest BCUT2D eigenvalue weighted by molar-refractivity contribution is 0.602. The van der Waals surface area contributed by atoms with Crippen LogP contribution in [0.4, 0.5) is 0 Å². The van der Waals surface area contributed by atoms with E-state index in [1.165, 1.54) is 36.2 Å². The molecule has 2 heteroatoms. The van der Waals surface area contributed by atoms with Gasteiger partial charge in [0.2, 0.25) is 0 Å². The minimum absolute atomic E-state index is 0.881. The van der Waals surface area contributed by atoms with Gasteiger partial charge in [-0.05, 0) is 32.1 Å². The zero-order valence-electron chi connectivity index (χ0n) is 11.9. The zero-order valence-corrected chi connectivity index (χ0v) is 11.9. The average Bonchev–Trinajstić information content (AvgIpc) is 3.20. The molecular formula is C17H22N2. The first-order valence-electron chi connectivity index (χ1n) is 7.41. The van der Waals surface area contributed by atoms with Gasteiger partial charge in [-0.1, -0.05) is 43.7 Å². The van der Waals surface area contributed by atoms with Crippen LogP contribution in [0, 0.1) is 12.8 Å². The molecule has 1 aliphatic rings. The number of hydrogen-bond acceptors (Lipinski definition) is 1. The van der Waals surface area contributed by atoms with Crippen molar-refractivity contribution in [2.45, 2.75) is 46.1 Å². The fourth-order valence-corrected chi connectivity index (χ4v) is 2.72. The lowest BCUT2D eigenvalue weighted by Crippen LogP contribution is -2.07. The van der Waals surface area contributed by atoms with Crippen molar-refractivity contribution in [3.05, 3.63) is 41.7 Å². The molecule has 0 saturated heterocycles. The molecule has 1 fully saturated rings. The molecule has 19 heavy (non-hydrogen) atoms. The van der Waals surface area contributed by atoms with Gasteiger partial charge in [0, 0.05) is 17.8 Å². The fraction of sp³-hybridized carbons (Fsp3) is 0.471. The van der Waals surface area contributed by atoms with E-state index in [1.807, 2.05) is 0 Å². The van der Waals surface area contributed by atoms with Gasteiger partial charge >= 0.3 is 0 Å². The minimum atomic E-state index is 0.881. The summed E-state index contributed by atoms with van der Waals surface area (Å²) in [5.41, 5.74) is 3.89. The number of imidazole rings is 1. The molecule has 1 saturated carbocycles. The molecule has 1 aliphatic carbocycles. The van der Waals surface area contributed by atoms with Crippen LogP contribution in [0.5, 0.6) is 0 Å². The highest BCUT2D eigenvalue weighted by Gasteiger charge is 2.25. The van der Waals surface area contributed by atoms with Crippen LogP contribution in [0.2, 0.25) is 0 Å². The van der Waals surface area contributed by atoms with E-state index in [-0.39, 0.29) is 0 Å². The molecule has 1 aromatic heterocycles. The Morgan fingerprint density at radius 3 is 2.58 bits per heavy atom. The van der Waals surface area contributed by atoms with Crippen molar-refractivity contribution in [3.8, 4) is 11.4 Å². The smallest absolute Gasteiger partial charge is 0.140 e. The molecule has 1 aromatic carbocycles. The molecule has 2 aromatic rings. The molecule has 1 heterocycles. The van der Waals surface area contributed by atoms with E-state index in [2.05, 4.69) is 48.7 Å². The Hall–Kier alpha value is -1.57. The van der Waals surface area contributed by atoms with Crippen LogP contribution in [0.25, 0.3) is 11.4 Å². The molecule has 0 unspecified atom stereocenters. The Balaban J connectivity index is 2.04. The SMILES string of the molecule is CCCc1c(C)nc(-c2ccccc2)n1CC1CC1. The van der Waals surface area contributed by atoms with Gasteiger partial charge in [0.1, 0.15) is 5.82 Å². The van der Waals surface area contributed by atoms with Gasteiger partial charge in [0.15, 0.2) is 0 Å². The summed E-state index contributed by atoms with van der Waals surface area (Å²) in [6.07, 6.45) is 5.10. The van der Waals surface area contributed by atoms with Crippen molar-refractivity contribution in [3.63, 3.8) is 0 Å². The van der Waals surface area contributed by atoms with Gasteiger partial charge in [-0.3, -0.25) is 0 Å². The van der Waals surface area contributed by atoms with E-state index in [1.54, 1.807) is 0 Å². The van der Waals surface area contributed by atoms with Gasteiger partial charge in [-0.15, -0.1) is 0 Å². The molecule has 100 valence electrons. The first-order chi connectivity index (χ1) is 9.29. The van der Waals surface area contributed by atoms with E-state index in [0.29, 0.717) is 0 Å². The third-order valence-electron chi connectivity index (χ3n) is 3.93. The second kappa shape index (κ2) is 5.20. The van der Waals surface area contributed by atoms with E-state index in [0.717, 1.165) is 24.7 Å². The normalized spacial score (nSPS) is 14.8. The van der Waals surface area contributed by atoms with Crippen molar-refractivity contribution in [1.82, 2.24) is 9.55 Å². The Morgan fingerprint density at radius 1 is 1.21 bits per heavy atom. The van der Waals surface area contributed by atoms with Crippen LogP contribution in [0.3, 0.4) is 0 Å². The molecule has 0 aliphatic heterocycles. The topological polar surface area (TPSA) is 17.8 Å². The van der Waals surface area contributed by atoms with Gasteiger partial charge in [0.05, 0.1) is 5.69 Å². The highest BCUT2D eigenvalue weighted by atomic mass is 15.1. The average molecular weight is 254 g/mol. The molecule has 2 nitrogen and oxygen atoms in total. The monoisotopic (exact) mass is 254 g/mol. The maximum absolute atomic E-state index is 4.84. The summed E-state index contributed by atoms with van der Waals surface area (Å²) in [4.78, 5) is 4.84. The molecular weight excluding hydrogens is 232 g/mol. The largest absolute Gasteiger partial charge is 0.328 e. The Labute approximate surface area is 115 Å². The van der Waals surface area contributed by atoms with E-state index in [9.17, 15) is 0 Å². The maximum atomic E-state index is 4.84. The van der Waals surface area contributed by atoms with Crippen molar-refractivity contribution in [2.24, 2.45) is 5.92 Å². The summed E-state index contributed by atoms with van der Waals surface area (Å²) in [5.74, 6) is 2.04. The van der Waals surface area contributed by atoms with Gasteiger partial charge in [0.25, 0.3) is 0 Å². The minimum Gasteiger partial charge on any atom is -0.328 e. The molecule has 0 spiro atoms. The molecule has 3 rings (SSSR count). The summed E-state index contributed by atoms with van der Waals surface area (Å²) in [5, 5.41) is 0. The number of rotatable bonds is 5. The molecule has 0 atom stereocenters. The second-order valence-corrected chi connectivity index (χ2v) is 5.64. The van der Waals surface area contributed by atoms with Crippen molar-refractivity contribution >= 4 is 0 Å². The number of hydrogen-bond donors (Lipinski definition) is 0. The van der Waals surface area contributed by atoms with Crippen LogP contribution in [0.1, 0.15) is 37.6 Å². The third-order valence-corrected chi connectivity index (χ3v) is 3.93. The third kappa shape index (κ3) is 2.58. The number of aromatic nitrogens is 2. The van der Waals surface area contributed by atoms with E-state index in [4.69, 9.17) is 4.98 Å². The zero-order chi connectivity index (χ0) is 13.2. The molecule has 0 amide bonds. The summed E-state index contributed by atoms with van der Waals surface area (Å²) >= 11 is 0. The predicted octanol–water partition coefficient (Wildman–Crippen LogP) is 4.22. The van der Waals surface area contributed by atoms with Crippen LogP contribution >= 0.6 is 0 Å². The fourth-order valence-electron chi connectivity index (χ4n) is 2.72. The Kier molecular flexibility index (Phi) is 3.41. The first kappa shape index (κ1) is 12.5. The van der Waals surface area contributed by atoms with Crippen molar-refractivity contribution in [2.75, 3.05) is 0 Å². The highest BCUT2D eigenvalue weighted by Crippen LogP contribution is 2.34. The molecule has 0 N–H and O–H groups in total. The summed E-state index contributed by atoms with van der Waals surface area (Å²) < 4.78 is 2.48. The summed E-state index contributed by atoms with van der Waals surface area (Å²) in [7, 11) is 0. The number of benzene rings is 1. The van der Waals surface area contributed by atoms with E-state index >= 15 is 0 Å². The van der Waals surface area contributed by atoms with Crippen molar-refractivity contribution < 1.29 is 0 Å². The Morgan fingerprint density at radius 2 is 1.95 bits per heavy atom. The van der Waals surface area contributed by atoms with Crippen LogP contribution < -0.4 is 0 Å². The lowest BCUT2D eigenvalue weighted by Gasteiger charge is -2.11. The molecule has 0 radical (unpaired) electrons. The maximum Gasteiger partial charge on any atom is 0.140 e. The van der Waals surface area contributed by atoms with Crippen molar-refractivity contribution in [1.29, 1.82) is 0 Å². The summed E-state index contributed by atoms with van der Waals surface area (Å²) in [6, 6.07) is 10.6. The quantitative estimate of drug-likeness (QED) is 0.781. The second-order valence-electron chi connectivity index (χ2n) is 5.64. The van der Waals surface area contributed by atoms with Gasteiger partial charge in [-0.2, -0.15) is 0 Å². The Bertz CT molecular complexity index is 550. The highest BCUT2D eigenvalue weighted by molar-refractivity contribution is 5.56. The van der Waals surface area contributed by atoms with Crippen LogP contribution in [0.15, 0.2) is 30.3 Å². The van der Waals surface area contributed by atoms with Gasteiger partial charge in [-0.25, -0.2) is 4.98 Å². The molecule has 0 bridgehead atoms. The standard InChI is InChI=1S/C17H22N2/c1-3-7-16-13(2)18-17(15-8-5-4-6-9-15)19(16)12-14-10-11-14/h4-6,8-9,14H,3,7,10-12H2,1-2H3. The predicted molar refractivity (Wildman–Crippen MR) is 79.1 cm³/mol. The van der Waals surface area contributed by atoms with E-state index < -0.39 is 0 Å². The van der Waals surface area contributed by atoms with Crippen LogP contribution in [-0.2, 0) is 13.0 Å². The number of aryl methyl sites for hydroxylation is 1. The first-order valence-corrected chi connectivity index (χ1v) is 7.41.